The zero-order valence-corrected chi connectivity index (χ0v) is 12.6. The molecule has 1 fully saturated rings. The summed E-state index contributed by atoms with van der Waals surface area (Å²) in [5.74, 6) is -3.96. The third-order valence-corrected chi connectivity index (χ3v) is 4.72. The molecule has 2 N–H and O–H groups in total. The average molecular weight is 333 g/mol. The van der Waals surface area contributed by atoms with Gasteiger partial charge in [-0.25, -0.2) is 8.42 Å². The summed E-state index contributed by atoms with van der Waals surface area (Å²) in [4.78, 5) is 13.3. The first-order valence-corrected chi connectivity index (χ1v) is 8.30. The predicted octanol–water partition coefficient (Wildman–Crippen LogP) is 0.527. The molecule has 1 heterocycles. The van der Waals surface area contributed by atoms with Crippen molar-refractivity contribution in [3.05, 3.63) is 24.3 Å². The summed E-state index contributed by atoms with van der Waals surface area (Å²) in [5, 5.41) is 5.55. The molecule has 9 heteroatoms. The topological polar surface area (TPSA) is 78.5 Å². The Morgan fingerprint density at radius 2 is 1.91 bits per heavy atom. The van der Waals surface area contributed by atoms with Crippen LogP contribution in [-0.4, -0.2) is 57.7 Å². The molecule has 0 bridgehead atoms. The minimum Gasteiger partial charge on any atom is -0.324 e. The van der Waals surface area contributed by atoms with Crippen molar-refractivity contribution in [1.82, 2.24) is 10.2 Å². The van der Waals surface area contributed by atoms with Crippen LogP contribution in [0.5, 0.6) is 0 Å². The highest BCUT2D eigenvalue weighted by atomic mass is 32.2. The number of nitrogens with one attached hydrogen (secondary N) is 2. The number of rotatable bonds is 5. The van der Waals surface area contributed by atoms with Crippen molar-refractivity contribution in [2.45, 2.75) is 10.7 Å². The van der Waals surface area contributed by atoms with Crippen LogP contribution >= 0.6 is 0 Å². The van der Waals surface area contributed by atoms with Gasteiger partial charge in [0.15, 0.2) is 0 Å². The standard InChI is InChI=1S/C13H17F2N3O3S/c14-13(15)22(20,21)11-4-2-1-3-10(11)17-12(19)9-18-7-5-16-6-8-18/h1-4,13,16H,5-9H2,(H,17,19). The van der Waals surface area contributed by atoms with Gasteiger partial charge in [0.2, 0.25) is 15.7 Å². The van der Waals surface area contributed by atoms with Crippen LogP contribution in [0, 0.1) is 0 Å². The second-order valence-electron chi connectivity index (χ2n) is 4.88. The van der Waals surface area contributed by atoms with Crippen LogP contribution in [0.4, 0.5) is 14.5 Å². The van der Waals surface area contributed by atoms with Gasteiger partial charge in [-0.1, -0.05) is 12.1 Å². The van der Waals surface area contributed by atoms with Crippen molar-refractivity contribution in [3.8, 4) is 0 Å². The Kier molecular flexibility index (Phi) is 5.43. The van der Waals surface area contributed by atoms with Crippen molar-refractivity contribution in [2.24, 2.45) is 0 Å². The molecule has 1 amide bonds. The molecule has 1 aliphatic heterocycles. The highest BCUT2D eigenvalue weighted by molar-refractivity contribution is 7.91. The molecule has 2 rings (SSSR count). The van der Waals surface area contributed by atoms with E-state index in [0.29, 0.717) is 13.1 Å². The van der Waals surface area contributed by atoms with E-state index in [4.69, 9.17) is 0 Å². The number of carbonyl (C=O) groups excluding carboxylic acids is 1. The summed E-state index contributed by atoms with van der Waals surface area (Å²) in [7, 11) is -4.76. The van der Waals surface area contributed by atoms with E-state index in [0.717, 1.165) is 19.2 Å². The molecular weight excluding hydrogens is 316 g/mol. The minimum absolute atomic E-state index is 0.0880. The molecule has 0 saturated carbocycles. The van der Waals surface area contributed by atoms with Gasteiger partial charge >= 0.3 is 5.76 Å². The van der Waals surface area contributed by atoms with Gasteiger partial charge in [-0.3, -0.25) is 9.69 Å². The quantitative estimate of drug-likeness (QED) is 0.822. The Labute approximate surface area is 127 Å². The van der Waals surface area contributed by atoms with Gasteiger partial charge in [0.1, 0.15) is 0 Å². The van der Waals surface area contributed by atoms with E-state index in [-0.39, 0.29) is 12.2 Å². The van der Waals surface area contributed by atoms with E-state index in [1.54, 1.807) is 0 Å². The number of sulfone groups is 1. The third-order valence-electron chi connectivity index (χ3n) is 3.28. The molecule has 0 radical (unpaired) electrons. The van der Waals surface area contributed by atoms with Crippen molar-refractivity contribution in [3.63, 3.8) is 0 Å². The smallest absolute Gasteiger partial charge is 0.324 e. The van der Waals surface area contributed by atoms with Crippen molar-refractivity contribution in [1.29, 1.82) is 0 Å². The fourth-order valence-corrected chi connectivity index (χ4v) is 3.06. The monoisotopic (exact) mass is 333 g/mol. The Morgan fingerprint density at radius 1 is 1.27 bits per heavy atom. The number of para-hydroxylation sites is 1. The van der Waals surface area contributed by atoms with Crippen LogP contribution in [0.1, 0.15) is 0 Å². The maximum Gasteiger partial charge on any atom is 0.341 e. The van der Waals surface area contributed by atoms with Crippen LogP contribution in [-0.2, 0) is 14.6 Å². The van der Waals surface area contributed by atoms with Gasteiger partial charge in [-0.05, 0) is 12.1 Å². The van der Waals surface area contributed by atoms with E-state index in [2.05, 4.69) is 10.6 Å². The van der Waals surface area contributed by atoms with Gasteiger partial charge < -0.3 is 10.6 Å². The lowest BCUT2D eigenvalue weighted by Gasteiger charge is -2.26. The molecule has 0 spiro atoms. The summed E-state index contributed by atoms with van der Waals surface area (Å²) < 4.78 is 48.6. The Bertz CT molecular complexity index is 631. The molecule has 0 atom stereocenters. The number of hydrogen-bond acceptors (Lipinski definition) is 5. The highest BCUT2D eigenvalue weighted by Gasteiger charge is 2.29. The summed E-state index contributed by atoms with van der Waals surface area (Å²) in [6, 6.07) is 5.17. The largest absolute Gasteiger partial charge is 0.341 e. The first kappa shape index (κ1) is 16.8. The zero-order valence-electron chi connectivity index (χ0n) is 11.8. The second kappa shape index (κ2) is 7.12. The van der Waals surface area contributed by atoms with Gasteiger partial charge in [0.05, 0.1) is 17.1 Å². The van der Waals surface area contributed by atoms with Crippen LogP contribution < -0.4 is 10.6 Å². The number of hydrogen-bond donors (Lipinski definition) is 2. The van der Waals surface area contributed by atoms with Crippen molar-refractivity contribution in [2.75, 3.05) is 38.0 Å². The average Bonchev–Trinajstić information content (AvgIpc) is 2.48. The molecule has 1 aromatic carbocycles. The van der Waals surface area contributed by atoms with Crippen molar-refractivity contribution >= 4 is 21.4 Å². The van der Waals surface area contributed by atoms with Gasteiger partial charge in [-0.2, -0.15) is 8.78 Å². The predicted molar refractivity (Wildman–Crippen MR) is 77.6 cm³/mol. The third kappa shape index (κ3) is 3.99. The van der Waals surface area contributed by atoms with E-state index < -0.39 is 26.4 Å². The zero-order chi connectivity index (χ0) is 16.2. The number of amides is 1. The minimum atomic E-state index is -4.76. The van der Waals surface area contributed by atoms with Crippen molar-refractivity contribution < 1.29 is 22.0 Å². The lowest BCUT2D eigenvalue weighted by molar-refractivity contribution is -0.117. The Hall–Kier alpha value is -1.58. The summed E-state index contributed by atoms with van der Waals surface area (Å²) >= 11 is 0. The molecule has 122 valence electrons. The number of piperazine rings is 1. The fraction of sp³-hybridized carbons (Fsp3) is 0.462. The van der Waals surface area contributed by atoms with Crippen LogP contribution in [0.2, 0.25) is 0 Å². The maximum atomic E-state index is 12.7. The molecule has 1 aromatic rings. The SMILES string of the molecule is O=C(CN1CCNCC1)Nc1ccccc1S(=O)(=O)C(F)F. The van der Waals surface area contributed by atoms with Gasteiger partial charge in [0.25, 0.3) is 0 Å². The van der Waals surface area contributed by atoms with Gasteiger partial charge in [0, 0.05) is 26.2 Å². The molecule has 0 aliphatic carbocycles. The fourth-order valence-electron chi connectivity index (χ4n) is 2.18. The molecular formula is C13H17F2N3O3S. The number of halogens is 2. The molecule has 22 heavy (non-hydrogen) atoms. The number of anilines is 1. The normalized spacial score (nSPS) is 16.7. The lowest BCUT2D eigenvalue weighted by Crippen LogP contribution is -2.46. The Balaban J connectivity index is 2.11. The lowest BCUT2D eigenvalue weighted by atomic mass is 10.3. The molecule has 6 nitrogen and oxygen atoms in total. The van der Waals surface area contributed by atoms with E-state index in [1.165, 1.54) is 18.2 Å². The molecule has 0 aromatic heterocycles. The first-order chi connectivity index (χ1) is 10.4. The highest BCUT2D eigenvalue weighted by Crippen LogP contribution is 2.26. The van der Waals surface area contributed by atoms with Gasteiger partial charge in [-0.15, -0.1) is 0 Å². The van der Waals surface area contributed by atoms with Crippen LogP contribution in [0.15, 0.2) is 29.2 Å². The summed E-state index contributed by atoms with van der Waals surface area (Å²) in [6.07, 6.45) is 0. The second-order valence-corrected chi connectivity index (χ2v) is 6.76. The number of carbonyl (C=O) groups is 1. The number of nitrogens with zero attached hydrogens (tertiary/aromatic N) is 1. The maximum absolute atomic E-state index is 12.7. The van der Waals surface area contributed by atoms with Crippen LogP contribution in [0.3, 0.4) is 0 Å². The molecule has 1 aliphatic rings. The number of benzene rings is 1. The molecule has 0 unspecified atom stereocenters. The van der Waals surface area contributed by atoms with E-state index in [9.17, 15) is 22.0 Å². The summed E-state index contributed by atoms with van der Waals surface area (Å²) in [5.41, 5.74) is -0.122. The number of alkyl halides is 2. The van der Waals surface area contributed by atoms with E-state index >= 15 is 0 Å². The first-order valence-electron chi connectivity index (χ1n) is 6.75. The Morgan fingerprint density at radius 3 is 2.55 bits per heavy atom. The molecule has 1 saturated heterocycles. The van der Waals surface area contributed by atoms with E-state index in [1.807, 2.05) is 4.90 Å². The summed E-state index contributed by atoms with van der Waals surface area (Å²) in [6.45, 7) is 3.02. The van der Waals surface area contributed by atoms with Crippen LogP contribution in [0.25, 0.3) is 0 Å².